The number of aromatic nitrogens is 1. The van der Waals surface area contributed by atoms with Gasteiger partial charge in [0, 0.05) is 20.8 Å². The molecule has 2 heterocycles. The van der Waals surface area contributed by atoms with Crippen LogP contribution in [-0.2, 0) is 4.79 Å². The number of hydrogen-bond acceptors (Lipinski definition) is 4. The zero-order chi connectivity index (χ0) is 16.2. The molecule has 6 heteroatoms. The minimum atomic E-state index is -0.187. The number of aryl methyl sites for hydroxylation is 1. The Morgan fingerprint density at radius 1 is 1.30 bits per heavy atom. The zero-order valence-corrected chi connectivity index (χ0v) is 15.5. The Balaban J connectivity index is 1.65. The maximum Gasteiger partial charge on any atom is 0.250 e. The number of benzene rings is 1. The van der Waals surface area contributed by atoms with E-state index in [4.69, 9.17) is 0 Å². The summed E-state index contributed by atoms with van der Waals surface area (Å²) in [6, 6.07) is 11.9. The lowest BCUT2D eigenvalue weighted by atomic mass is 10.2. The third kappa shape index (κ3) is 4.37. The number of thiazole rings is 1. The molecule has 0 unspecified atom stereocenters. The largest absolute Gasteiger partial charge is 0.298 e. The molecule has 2 aromatic heterocycles. The van der Waals surface area contributed by atoms with E-state index in [0.29, 0.717) is 5.13 Å². The van der Waals surface area contributed by atoms with Crippen LogP contribution >= 0.6 is 38.6 Å². The maximum absolute atomic E-state index is 12.0. The molecule has 116 valence electrons. The van der Waals surface area contributed by atoms with Gasteiger partial charge in [0.05, 0.1) is 10.6 Å². The third-order valence-corrected chi connectivity index (χ3v) is 5.28. The van der Waals surface area contributed by atoms with Gasteiger partial charge in [0.1, 0.15) is 0 Å². The highest BCUT2D eigenvalue weighted by molar-refractivity contribution is 9.10. The van der Waals surface area contributed by atoms with Crippen molar-refractivity contribution in [2.75, 3.05) is 5.32 Å². The van der Waals surface area contributed by atoms with Crippen LogP contribution in [0.5, 0.6) is 0 Å². The van der Waals surface area contributed by atoms with Crippen molar-refractivity contribution in [2.45, 2.75) is 6.92 Å². The number of rotatable bonds is 4. The number of halogens is 1. The van der Waals surface area contributed by atoms with Crippen LogP contribution in [0.1, 0.15) is 10.4 Å². The molecule has 0 radical (unpaired) electrons. The van der Waals surface area contributed by atoms with Crippen LogP contribution in [0.15, 0.2) is 52.3 Å². The molecule has 0 aliphatic rings. The Labute approximate surface area is 150 Å². The Bertz CT molecular complexity index is 867. The quantitative estimate of drug-likeness (QED) is 0.575. The third-order valence-electron chi connectivity index (χ3n) is 3.00. The van der Waals surface area contributed by atoms with E-state index in [0.717, 1.165) is 20.6 Å². The average molecular weight is 405 g/mol. The van der Waals surface area contributed by atoms with Crippen molar-refractivity contribution in [2.24, 2.45) is 0 Å². The first-order valence-corrected chi connectivity index (χ1v) is 9.36. The van der Waals surface area contributed by atoms with Gasteiger partial charge in [-0.15, -0.1) is 22.7 Å². The van der Waals surface area contributed by atoms with E-state index in [-0.39, 0.29) is 5.91 Å². The normalized spacial score (nSPS) is 11.0. The number of nitrogens with one attached hydrogen (secondary N) is 1. The second kappa shape index (κ2) is 7.21. The van der Waals surface area contributed by atoms with E-state index >= 15 is 0 Å². The minimum absolute atomic E-state index is 0.187. The molecule has 3 rings (SSSR count). The van der Waals surface area contributed by atoms with E-state index in [9.17, 15) is 4.79 Å². The van der Waals surface area contributed by atoms with Crippen molar-refractivity contribution in [3.05, 3.63) is 62.8 Å². The number of anilines is 1. The SMILES string of the molecule is Cc1ccc(-c2csc(NC(=O)C=Cc3cccc(Br)c3)n2)s1. The molecule has 23 heavy (non-hydrogen) atoms. The molecule has 0 aliphatic heterocycles. The number of hydrogen-bond donors (Lipinski definition) is 1. The predicted molar refractivity (Wildman–Crippen MR) is 102 cm³/mol. The van der Waals surface area contributed by atoms with Crippen LogP contribution in [0.3, 0.4) is 0 Å². The Hall–Kier alpha value is -1.76. The van der Waals surface area contributed by atoms with Crippen LogP contribution < -0.4 is 5.32 Å². The van der Waals surface area contributed by atoms with Gasteiger partial charge < -0.3 is 0 Å². The molecule has 0 saturated carbocycles. The predicted octanol–water partition coefficient (Wildman–Crippen LogP) is 5.59. The highest BCUT2D eigenvalue weighted by atomic mass is 79.9. The maximum atomic E-state index is 12.0. The van der Waals surface area contributed by atoms with Crippen LogP contribution in [0.25, 0.3) is 16.6 Å². The molecule has 1 amide bonds. The average Bonchev–Trinajstić information content (AvgIpc) is 3.14. The second-order valence-electron chi connectivity index (χ2n) is 4.83. The molecule has 0 atom stereocenters. The molecule has 0 spiro atoms. The number of thiophene rings is 1. The fourth-order valence-corrected chi connectivity index (χ4v) is 3.98. The highest BCUT2D eigenvalue weighted by Gasteiger charge is 2.07. The zero-order valence-electron chi connectivity index (χ0n) is 12.2. The van der Waals surface area contributed by atoms with Gasteiger partial charge in [-0.05, 0) is 42.8 Å². The highest BCUT2D eigenvalue weighted by Crippen LogP contribution is 2.30. The Morgan fingerprint density at radius 2 is 2.17 bits per heavy atom. The number of nitrogens with zero attached hydrogens (tertiary/aromatic N) is 1. The van der Waals surface area contributed by atoms with Gasteiger partial charge in [-0.1, -0.05) is 28.1 Å². The molecule has 3 aromatic rings. The lowest BCUT2D eigenvalue weighted by molar-refractivity contribution is -0.111. The van der Waals surface area contributed by atoms with E-state index in [2.05, 4.69) is 39.2 Å². The lowest BCUT2D eigenvalue weighted by Crippen LogP contribution is -2.07. The Morgan fingerprint density at radius 3 is 2.91 bits per heavy atom. The van der Waals surface area contributed by atoms with Crippen LogP contribution in [0, 0.1) is 6.92 Å². The van der Waals surface area contributed by atoms with Crippen molar-refractivity contribution >= 4 is 55.7 Å². The standard InChI is InChI=1S/C17H13BrN2OS2/c1-11-5-7-15(23-11)14-10-22-17(19-14)20-16(21)8-6-12-3-2-4-13(18)9-12/h2-10H,1H3,(H,19,20,21). The van der Waals surface area contributed by atoms with Gasteiger partial charge in [-0.3, -0.25) is 10.1 Å². The van der Waals surface area contributed by atoms with Crippen molar-refractivity contribution in [3.63, 3.8) is 0 Å². The molecular formula is C17H13BrN2OS2. The number of amides is 1. The van der Waals surface area contributed by atoms with Crippen LogP contribution in [-0.4, -0.2) is 10.9 Å². The van der Waals surface area contributed by atoms with Crippen LogP contribution in [0.4, 0.5) is 5.13 Å². The van der Waals surface area contributed by atoms with E-state index in [1.807, 2.05) is 35.7 Å². The molecule has 0 bridgehead atoms. The summed E-state index contributed by atoms with van der Waals surface area (Å²) in [5.41, 5.74) is 1.86. The summed E-state index contributed by atoms with van der Waals surface area (Å²) < 4.78 is 0.982. The van der Waals surface area contributed by atoms with Crippen LogP contribution in [0.2, 0.25) is 0 Å². The van der Waals surface area contributed by atoms with Crippen molar-refractivity contribution in [1.82, 2.24) is 4.98 Å². The summed E-state index contributed by atoms with van der Waals surface area (Å²) in [6.45, 7) is 2.07. The van der Waals surface area contributed by atoms with E-state index in [1.165, 1.54) is 22.3 Å². The minimum Gasteiger partial charge on any atom is -0.298 e. The summed E-state index contributed by atoms with van der Waals surface area (Å²) >= 11 is 6.53. The monoisotopic (exact) mass is 404 g/mol. The molecule has 0 aliphatic carbocycles. The first-order chi connectivity index (χ1) is 11.1. The molecule has 3 nitrogen and oxygen atoms in total. The van der Waals surface area contributed by atoms with E-state index in [1.54, 1.807) is 17.4 Å². The summed E-state index contributed by atoms with van der Waals surface area (Å²) in [7, 11) is 0. The van der Waals surface area contributed by atoms with Gasteiger partial charge in [-0.2, -0.15) is 0 Å². The summed E-state index contributed by atoms with van der Waals surface area (Å²) in [5.74, 6) is -0.187. The fraction of sp³-hybridized carbons (Fsp3) is 0.0588. The van der Waals surface area contributed by atoms with Gasteiger partial charge in [0.25, 0.3) is 0 Å². The summed E-state index contributed by atoms with van der Waals surface area (Å²) in [6.07, 6.45) is 3.29. The van der Waals surface area contributed by atoms with Crippen molar-refractivity contribution in [1.29, 1.82) is 0 Å². The van der Waals surface area contributed by atoms with Gasteiger partial charge in [0.2, 0.25) is 5.91 Å². The smallest absolute Gasteiger partial charge is 0.250 e. The number of carbonyl (C=O) groups excluding carboxylic acids is 1. The summed E-state index contributed by atoms with van der Waals surface area (Å²) in [5, 5.41) is 5.36. The molecular weight excluding hydrogens is 392 g/mol. The fourth-order valence-electron chi connectivity index (χ4n) is 1.95. The molecule has 1 N–H and O–H groups in total. The van der Waals surface area contributed by atoms with Gasteiger partial charge in [0.15, 0.2) is 5.13 Å². The molecule has 1 aromatic carbocycles. The van der Waals surface area contributed by atoms with Gasteiger partial charge in [-0.25, -0.2) is 4.98 Å². The molecule has 0 fully saturated rings. The topological polar surface area (TPSA) is 42.0 Å². The van der Waals surface area contributed by atoms with E-state index < -0.39 is 0 Å². The van der Waals surface area contributed by atoms with Gasteiger partial charge >= 0.3 is 0 Å². The second-order valence-corrected chi connectivity index (χ2v) is 7.89. The first kappa shape index (κ1) is 16.1. The van der Waals surface area contributed by atoms with Crippen molar-refractivity contribution < 1.29 is 4.79 Å². The number of carbonyl (C=O) groups is 1. The lowest BCUT2D eigenvalue weighted by Gasteiger charge is -1.97. The Kier molecular flexibility index (Phi) is 5.05. The summed E-state index contributed by atoms with van der Waals surface area (Å²) in [4.78, 5) is 18.8. The first-order valence-electron chi connectivity index (χ1n) is 6.87. The molecule has 0 saturated heterocycles. The van der Waals surface area contributed by atoms with Crippen molar-refractivity contribution in [3.8, 4) is 10.6 Å².